The molecule has 139 heavy (non-hydrogen) atoms. The van der Waals surface area contributed by atoms with Gasteiger partial charge in [0.15, 0.2) is 67.6 Å². The number of aryl methyl sites for hydroxylation is 1. The lowest BCUT2D eigenvalue weighted by Gasteiger charge is -2.53. The fraction of sp³-hybridized carbons (Fsp3) is 0.688. The summed E-state index contributed by atoms with van der Waals surface area (Å²) in [6.07, 6.45) is -40.6. The first-order valence-electron chi connectivity index (χ1n) is 46.1. The highest BCUT2D eigenvalue weighted by Crippen LogP contribution is 2.54. The first kappa shape index (κ1) is 106. The third-order valence-corrected chi connectivity index (χ3v) is 27.9. The molecular weight excluding hydrogens is 1890 g/mol. The van der Waals surface area contributed by atoms with Crippen molar-refractivity contribution >= 4 is 53.2 Å². The van der Waals surface area contributed by atoms with Gasteiger partial charge >= 0.3 is 30.1 Å². The number of methoxy groups -OCH3 is 5. The monoisotopic (exact) mass is 2010 g/mol. The normalized spacial score (nSPS) is 39.4. The van der Waals surface area contributed by atoms with E-state index >= 15 is 0 Å². The number of ether oxygens (including phenoxy) is 28. The lowest BCUT2D eigenvalue weighted by molar-refractivity contribution is -0.416. The maximum absolute atomic E-state index is 14.9. The molecule has 0 aromatic heterocycles. The molecule has 4 aromatic carbocycles. The van der Waals surface area contributed by atoms with Gasteiger partial charge in [-0.1, -0.05) is 83.9 Å². The third kappa shape index (κ3) is 22.2. The van der Waals surface area contributed by atoms with Crippen molar-refractivity contribution in [3.63, 3.8) is 0 Å². The summed E-state index contributed by atoms with van der Waals surface area (Å²) in [5.41, 5.74) is -4.08. The quantitative estimate of drug-likeness (QED) is 0.0176. The lowest BCUT2D eigenvalue weighted by Crippen LogP contribution is -2.71. The molecule has 11 heterocycles. The van der Waals surface area contributed by atoms with Crippen LogP contribution in [0.4, 0.5) is 9.59 Å². The standard InChI is InChI=1S/C93H125Cl2N3O41/c1-41-30-50(99)31-52(100)60(41)81(107)128-56-39-122-93(79-72(56)120-40-121-79)136-57-38-117-83(66(104)71(57)137-93)134-84-74(115-14)65(103)70(55(129-84)37-112-11)132-86-90(9,111)78(69(113-12)44(4)126-86)133-85-75(105)91(10)77(47(7)125-85)138-92(139-91)33-53(101)67(45(5)135-92)130-58-32-54(68(43(3)123-58)131-82(108)61-42(2)62(94)64(102)63(95)73(61)114-13)127-59-34-89(8,76(116-15)46(6)124-59)98-80(106)51(97-88(110)119-36-49-26-20-17-21-27-49)28-22-23-29-96-87(109)118-35-48-24-18-16-19-25-48/h16-21,24-27,30-31,43-47,51,53-59,65-72,74-79,83-86,99-105,111H,22-23,28-29,32-40H2,1-15H3,(H,96,109)(H,97,110)(H,98,106)/t43-,44-,45-,46+,47-,51-,53-,54-,55-,56-,57+,58+,59+,65+,66-,67-,68-,69+,70-,71-,72+,74+,75-,76+,77-,78+,79-,83+,84+,85+,86+,89+,90-,91-,92-,93-/m1/s1. The fourth-order valence-electron chi connectivity index (χ4n) is 20.2. The molecule has 36 atom stereocenters. The van der Waals surface area contributed by atoms with Gasteiger partial charge in [-0.2, -0.15) is 0 Å². The van der Waals surface area contributed by atoms with E-state index in [2.05, 4.69) is 16.0 Å². The van der Waals surface area contributed by atoms with Crippen LogP contribution in [0.2, 0.25) is 10.0 Å². The van der Waals surface area contributed by atoms with Crippen molar-refractivity contribution in [1.82, 2.24) is 16.0 Å². The van der Waals surface area contributed by atoms with Gasteiger partial charge in [-0.05, 0) is 117 Å². The van der Waals surface area contributed by atoms with Crippen molar-refractivity contribution in [2.24, 2.45) is 0 Å². The number of benzene rings is 4. The average Bonchev–Trinajstić information content (AvgIpc) is 1.59. The topological polar surface area (TPSA) is 542 Å². The van der Waals surface area contributed by atoms with Gasteiger partial charge in [0, 0.05) is 53.9 Å². The molecule has 0 saturated carbocycles. The number of carbonyl (C=O) groups excluding carboxylic acids is 5. The van der Waals surface area contributed by atoms with Crippen molar-refractivity contribution in [2.45, 2.75) is 340 Å². The van der Waals surface area contributed by atoms with Crippen molar-refractivity contribution in [3.05, 3.63) is 116 Å². The van der Waals surface area contributed by atoms with E-state index in [4.69, 9.17) is 156 Å². The van der Waals surface area contributed by atoms with Gasteiger partial charge < -0.3 is 189 Å². The molecule has 11 fully saturated rings. The van der Waals surface area contributed by atoms with E-state index < -0.39 is 267 Å². The Morgan fingerprint density at radius 1 is 0.590 bits per heavy atom. The number of aromatic hydroxyl groups is 3. The van der Waals surface area contributed by atoms with Gasteiger partial charge in [0.2, 0.25) is 5.91 Å². The fourth-order valence-corrected chi connectivity index (χ4v) is 20.7. The summed E-state index contributed by atoms with van der Waals surface area (Å²) in [6, 6.07) is 19.2. The average molecular weight is 2010 g/mol. The highest BCUT2D eigenvalue weighted by atomic mass is 35.5. The molecule has 44 nitrogen and oxygen atoms in total. The number of phenolic OH excluding ortho intramolecular Hbond substituents is 3. The lowest BCUT2D eigenvalue weighted by atomic mass is 9.84. The summed E-state index contributed by atoms with van der Waals surface area (Å²) in [6.45, 7) is 14.6. The van der Waals surface area contributed by atoms with Crippen LogP contribution in [0, 0.1) is 13.8 Å². The zero-order chi connectivity index (χ0) is 99.8. The zero-order valence-electron chi connectivity index (χ0n) is 79.3. The number of nitrogens with one attached hydrogen (secondary N) is 3. The summed E-state index contributed by atoms with van der Waals surface area (Å²) in [5.74, 6) is -8.30. The number of halogens is 2. The third-order valence-electron chi connectivity index (χ3n) is 27.1. The Labute approximate surface area is 810 Å². The summed E-state index contributed by atoms with van der Waals surface area (Å²) >= 11 is 13.1. The number of rotatable bonds is 32. The van der Waals surface area contributed by atoms with E-state index in [1.165, 1.54) is 69.3 Å². The van der Waals surface area contributed by atoms with E-state index in [0.717, 1.165) is 11.6 Å². The van der Waals surface area contributed by atoms with Crippen molar-refractivity contribution in [3.8, 4) is 23.0 Å². The molecule has 4 aromatic rings. The second-order valence-corrected chi connectivity index (χ2v) is 37.8. The predicted molar refractivity (Wildman–Crippen MR) is 471 cm³/mol. The van der Waals surface area contributed by atoms with Gasteiger partial charge in [-0.15, -0.1) is 0 Å². The van der Waals surface area contributed by atoms with Crippen molar-refractivity contribution in [2.75, 3.05) is 68.7 Å². The summed E-state index contributed by atoms with van der Waals surface area (Å²) < 4.78 is 174. The molecule has 11 aliphatic heterocycles. The second kappa shape index (κ2) is 44.2. The second-order valence-electron chi connectivity index (χ2n) is 37.1. The van der Waals surface area contributed by atoms with Crippen LogP contribution in [0.25, 0.3) is 0 Å². The molecule has 0 aliphatic carbocycles. The van der Waals surface area contributed by atoms with Gasteiger partial charge in [-0.25, -0.2) is 19.2 Å². The number of fused-ring (bicyclic) bond motifs is 4. The zero-order valence-corrected chi connectivity index (χ0v) is 80.8. The number of aliphatic hydroxyl groups excluding tert-OH is 4. The Bertz CT molecular complexity index is 4850. The van der Waals surface area contributed by atoms with Crippen LogP contribution in [0.5, 0.6) is 23.0 Å². The molecule has 11 N–H and O–H groups in total. The molecule has 15 rings (SSSR count). The van der Waals surface area contributed by atoms with Gasteiger partial charge in [-0.3, -0.25) is 4.79 Å². The smallest absolute Gasteiger partial charge is 0.408 e. The molecule has 772 valence electrons. The number of alkyl carbamates (subject to hydrolysis) is 2. The highest BCUT2D eigenvalue weighted by Gasteiger charge is 2.71. The SMILES string of the molecule is COC[C@H]1O[C@@H](O[C@@H]2OC[C@@H]3O[C@@]4(OC[C@@H](OC(=O)c5c(C)cc(O)cc5O)[C@@H]5OCO[C@H]54)O[C@H]3[C@H]2O)[C@@H](OC)[C@@H](O)[C@@H]1O[C@@H]1O[C@H](C)[C@H](OC)[C@H](O[C@@H]2O[C@H](C)[C@H]3O[C@]4(C[C@@H](O)[C@H](O[C@H]5C[C@@H](O[C@H]6C[C@](C)(NC(=O)[C@@H](CCCCNC(=O)OCc7ccccc7)NC(=O)OCc7ccccc7)[C@@H](OC)[C@H](C)O6)[C@H](OC(=O)c6c(C)c(Cl)c(O)c(Cl)c6OC)[C@@H](C)O5)[C@@H](C)O4)O[C@]3(C)[C@@H]2O)[C@@]1(C)O. The van der Waals surface area contributed by atoms with Crippen LogP contribution in [0.3, 0.4) is 0 Å². The number of hydrogen-bond acceptors (Lipinski definition) is 41. The number of carbonyl (C=O) groups is 5. The van der Waals surface area contributed by atoms with Gasteiger partial charge in [0.25, 0.3) is 5.97 Å². The summed E-state index contributed by atoms with van der Waals surface area (Å²) in [7, 11) is 6.64. The number of esters is 2. The molecule has 0 unspecified atom stereocenters. The molecule has 3 amide bonds. The Morgan fingerprint density at radius 3 is 1.94 bits per heavy atom. The van der Waals surface area contributed by atoms with Crippen LogP contribution in [0.1, 0.15) is 137 Å². The molecular formula is C93H125Cl2N3O41. The summed E-state index contributed by atoms with van der Waals surface area (Å²) in [4.78, 5) is 69.5. The minimum Gasteiger partial charge on any atom is -0.508 e. The van der Waals surface area contributed by atoms with E-state index in [0.29, 0.717) is 18.4 Å². The van der Waals surface area contributed by atoms with Crippen LogP contribution in [0.15, 0.2) is 72.8 Å². The van der Waals surface area contributed by atoms with Gasteiger partial charge in [0.05, 0.1) is 80.5 Å². The Hall–Kier alpha value is -7.51. The van der Waals surface area contributed by atoms with Crippen LogP contribution < -0.4 is 20.7 Å². The van der Waals surface area contributed by atoms with Crippen LogP contribution in [-0.4, -0.2) is 359 Å². The molecule has 0 bridgehead atoms. The molecule has 2 spiro atoms. The van der Waals surface area contributed by atoms with E-state index in [9.17, 15) is 64.8 Å². The van der Waals surface area contributed by atoms with Crippen LogP contribution in [-0.2, 0) is 146 Å². The Kier molecular flexibility index (Phi) is 33.6. The number of phenols is 3. The van der Waals surface area contributed by atoms with E-state index in [1.807, 2.05) is 36.4 Å². The highest BCUT2D eigenvalue weighted by molar-refractivity contribution is 6.39. The number of aliphatic hydroxyl groups is 5. The van der Waals surface area contributed by atoms with Crippen molar-refractivity contribution in [1.29, 1.82) is 0 Å². The molecule has 11 saturated heterocycles. The van der Waals surface area contributed by atoms with Crippen molar-refractivity contribution < 1.29 is 197 Å². The van der Waals surface area contributed by atoms with Crippen LogP contribution >= 0.6 is 23.2 Å². The summed E-state index contributed by atoms with van der Waals surface area (Å²) in [5, 5.41) is 102. The first-order chi connectivity index (χ1) is 66.2. The largest absolute Gasteiger partial charge is 0.508 e. The number of hydrogen-bond donors (Lipinski definition) is 11. The molecule has 11 aliphatic rings. The van der Waals surface area contributed by atoms with Gasteiger partial charge in [0.1, 0.15) is 156 Å². The maximum Gasteiger partial charge on any atom is 0.408 e. The Balaban J connectivity index is 0.594. The molecule has 0 radical (unpaired) electrons. The van der Waals surface area contributed by atoms with E-state index in [1.54, 1.807) is 65.8 Å². The predicted octanol–water partition coefficient (Wildman–Crippen LogP) is 4.88. The number of unbranched alkanes of at least 4 members (excludes halogenated alkanes) is 1. The maximum atomic E-state index is 14.9. The van der Waals surface area contributed by atoms with E-state index in [-0.39, 0.29) is 109 Å². The molecule has 46 heteroatoms. The minimum atomic E-state index is -2.28. The number of amides is 3. The minimum absolute atomic E-state index is 0.0537. The first-order valence-corrected chi connectivity index (χ1v) is 46.8. The Morgan fingerprint density at radius 2 is 1.27 bits per heavy atom.